The molecule has 0 aromatic heterocycles. The highest BCUT2D eigenvalue weighted by Gasteiger charge is 1.96. The SMILES string of the molecule is CCC(=N)C(C)N. The number of hydrogen-bond donors (Lipinski definition) is 2. The first-order valence-corrected chi connectivity index (χ1v) is 2.51. The van der Waals surface area contributed by atoms with Crippen molar-refractivity contribution in [2.24, 2.45) is 5.73 Å². The molecule has 0 saturated carbocycles. The van der Waals surface area contributed by atoms with Crippen molar-refractivity contribution in [1.82, 2.24) is 0 Å². The second-order valence-electron chi connectivity index (χ2n) is 1.67. The first kappa shape index (κ1) is 6.63. The van der Waals surface area contributed by atoms with Gasteiger partial charge in [0, 0.05) is 11.8 Å². The number of hydrogen-bond acceptors (Lipinski definition) is 2. The third-order valence-corrected chi connectivity index (χ3v) is 0.931. The molecule has 1 unspecified atom stereocenters. The van der Waals surface area contributed by atoms with E-state index in [4.69, 9.17) is 11.1 Å². The lowest BCUT2D eigenvalue weighted by Gasteiger charge is -2.01. The Labute approximate surface area is 44.2 Å². The van der Waals surface area contributed by atoms with Crippen molar-refractivity contribution in [3.05, 3.63) is 0 Å². The van der Waals surface area contributed by atoms with E-state index in [1.807, 2.05) is 13.8 Å². The third kappa shape index (κ3) is 2.34. The Balaban J connectivity index is 3.35. The minimum Gasteiger partial charge on any atom is -0.323 e. The van der Waals surface area contributed by atoms with Crippen LogP contribution in [0.2, 0.25) is 0 Å². The van der Waals surface area contributed by atoms with Crippen molar-refractivity contribution >= 4 is 5.71 Å². The zero-order chi connectivity index (χ0) is 5.86. The molecule has 0 saturated heterocycles. The zero-order valence-electron chi connectivity index (χ0n) is 4.86. The Kier molecular flexibility index (Phi) is 2.60. The predicted octanol–water partition coefficient (Wildman–Crippen LogP) is 0.763. The number of nitrogens with one attached hydrogen (secondary N) is 1. The molecule has 2 heteroatoms. The summed E-state index contributed by atoms with van der Waals surface area (Å²) in [5.41, 5.74) is 5.95. The Bertz CT molecular complexity index is 66.5. The predicted molar refractivity (Wildman–Crippen MR) is 31.7 cm³/mol. The van der Waals surface area contributed by atoms with Crippen LogP contribution in [0.25, 0.3) is 0 Å². The molecule has 2 nitrogen and oxygen atoms in total. The average Bonchev–Trinajstić information content (AvgIpc) is 1.65. The van der Waals surface area contributed by atoms with Gasteiger partial charge < -0.3 is 11.1 Å². The summed E-state index contributed by atoms with van der Waals surface area (Å²) in [6.45, 7) is 3.76. The summed E-state index contributed by atoms with van der Waals surface area (Å²) in [6.07, 6.45) is 0.775. The maximum Gasteiger partial charge on any atom is 0.0394 e. The molecule has 0 aromatic carbocycles. The topological polar surface area (TPSA) is 49.9 Å². The van der Waals surface area contributed by atoms with Crippen molar-refractivity contribution in [1.29, 1.82) is 5.41 Å². The molecule has 0 bridgehead atoms. The lowest BCUT2D eigenvalue weighted by Crippen LogP contribution is -2.24. The van der Waals surface area contributed by atoms with Crippen molar-refractivity contribution < 1.29 is 0 Å². The highest BCUT2D eigenvalue weighted by atomic mass is 14.7. The second kappa shape index (κ2) is 2.75. The monoisotopic (exact) mass is 100 g/mol. The zero-order valence-corrected chi connectivity index (χ0v) is 4.86. The van der Waals surface area contributed by atoms with E-state index >= 15 is 0 Å². The summed E-state index contributed by atoms with van der Waals surface area (Å²) in [6, 6.07) is -0.0509. The van der Waals surface area contributed by atoms with E-state index in [-0.39, 0.29) is 6.04 Å². The van der Waals surface area contributed by atoms with Gasteiger partial charge in [0.25, 0.3) is 0 Å². The fourth-order valence-corrected chi connectivity index (χ4v) is 0.322. The van der Waals surface area contributed by atoms with Crippen molar-refractivity contribution in [2.45, 2.75) is 26.3 Å². The van der Waals surface area contributed by atoms with Crippen molar-refractivity contribution in [3.8, 4) is 0 Å². The average molecular weight is 100 g/mol. The van der Waals surface area contributed by atoms with E-state index in [2.05, 4.69) is 0 Å². The van der Waals surface area contributed by atoms with Crippen LogP contribution in [-0.4, -0.2) is 11.8 Å². The Morgan fingerprint density at radius 2 is 2.29 bits per heavy atom. The van der Waals surface area contributed by atoms with Gasteiger partial charge in [-0.05, 0) is 13.3 Å². The quantitative estimate of drug-likeness (QED) is 0.494. The highest BCUT2D eigenvalue weighted by molar-refractivity contribution is 5.85. The van der Waals surface area contributed by atoms with Crippen LogP contribution in [0.1, 0.15) is 20.3 Å². The first-order valence-electron chi connectivity index (χ1n) is 2.51. The van der Waals surface area contributed by atoms with Crippen LogP contribution >= 0.6 is 0 Å². The van der Waals surface area contributed by atoms with Crippen LogP contribution < -0.4 is 5.73 Å². The molecule has 0 aliphatic heterocycles. The van der Waals surface area contributed by atoms with Crippen LogP contribution in [0.15, 0.2) is 0 Å². The Morgan fingerprint density at radius 3 is 2.29 bits per heavy atom. The van der Waals surface area contributed by atoms with Gasteiger partial charge in [-0.3, -0.25) is 0 Å². The van der Waals surface area contributed by atoms with E-state index in [0.29, 0.717) is 5.71 Å². The Hall–Kier alpha value is -0.370. The molecule has 0 rings (SSSR count). The fourth-order valence-electron chi connectivity index (χ4n) is 0.322. The molecule has 0 radical (unpaired) electrons. The summed E-state index contributed by atoms with van der Waals surface area (Å²) in [4.78, 5) is 0. The van der Waals surface area contributed by atoms with Gasteiger partial charge in [0.05, 0.1) is 0 Å². The van der Waals surface area contributed by atoms with Gasteiger partial charge in [-0.15, -0.1) is 0 Å². The lowest BCUT2D eigenvalue weighted by atomic mass is 10.2. The first-order chi connectivity index (χ1) is 3.18. The normalized spacial score (nSPS) is 13.6. The van der Waals surface area contributed by atoms with Crippen LogP contribution in [0.4, 0.5) is 0 Å². The van der Waals surface area contributed by atoms with E-state index in [1.165, 1.54) is 0 Å². The lowest BCUT2D eigenvalue weighted by molar-refractivity contribution is 0.930. The van der Waals surface area contributed by atoms with Crippen molar-refractivity contribution in [3.63, 3.8) is 0 Å². The fraction of sp³-hybridized carbons (Fsp3) is 0.800. The van der Waals surface area contributed by atoms with E-state index in [1.54, 1.807) is 0 Å². The van der Waals surface area contributed by atoms with Gasteiger partial charge in [0.15, 0.2) is 0 Å². The largest absolute Gasteiger partial charge is 0.323 e. The molecular formula is C5H12N2. The van der Waals surface area contributed by atoms with Crippen LogP contribution in [-0.2, 0) is 0 Å². The summed E-state index contributed by atoms with van der Waals surface area (Å²) >= 11 is 0. The molecule has 0 aliphatic rings. The maximum atomic E-state index is 7.07. The molecule has 0 aliphatic carbocycles. The Morgan fingerprint density at radius 1 is 1.86 bits per heavy atom. The van der Waals surface area contributed by atoms with Crippen LogP contribution in [0.5, 0.6) is 0 Å². The summed E-state index contributed by atoms with van der Waals surface area (Å²) in [7, 11) is 0. The van der Waals surface area contributed by atoms with Gasteiger partial charge in [-0.25, -0.2) is 0 Å². The summed E-state index contributed by atoms with van der Waals surface area (Å²) < 4.78 is 0. The maximum absolute atomic E-state index is 7.07. The number of nitrogens with two attached hydrogens (primary N) is 1. The molecule has 7 heavy (non-hydrogen) atoms. The molecule has 0 amide bonds. The standard InChI is InChI=1S/C5H12N2/c1-3-5(7)4(2)6/h4,7H,3,6H2,1-2H3. The molecule has 1 atom stereocenters. The molecule has 0 aromatic rings. The third-order valence-electron chi connectivity index (χ3n) is 0.931. The van der Waals surface area contributed by atoms with Gasteiger partial charge in [0.2, 0.25) is 0 Å². The summed E-state index contributed by atoms with van der Waals surface area (Å²) in [5.74, 6) is 0. The molecule has 0 heterocycles. The van der Waals surface area contributed by atoms with E-state index in [9.17, 15) is 0 Å². The molecule has 42 valence electrons. The van der Waals surface area contributed by atoms with Crippen LogP contribution in [0.3, 0.4) is 0 Å². The molecule has 0 fully saturated rings. The highest BCUT2D eigenvalue weighted by Crippen LogP contribution is 1.84. The van der Waals surface area contributed by atoms with E-state index in [0.717, 1.165) is 6.42 Å². The summed E-state index contributed by atoms with van der Waals surface area (Å²) in [5, 5.41) is 7.07. The van der Waals surface area contributed by atoms with Crippen LogP contribution in [0, 0.1) is 5.41 Å². The smallest absolute Gasteiger partial charge is 0.0394 e. The molecule has 3 N–H and O–H groups in total. The molecular weight excluding hydrogens is 88.1 g/mol. The second-order valence-corrected chi connectivity index (χ2v) is 1.67. The van der Waals surface area contributed by atoms with Gasteiger partial charge in [-0.2, -0.15) is 0 Å². The van der Waals surface area contributed by atoms with Crippen molar-refractivity contribution in [2.75, 3.05) is 0 Å². The minimum absolute atomic E-state index is 0.0509. The minimum atomic E-state index is -0.0509. The number of rotatable bonds is 2. The van der Waals surface area contributed by atoms with Gasteiger partial charge in [-0.1, -0.05) is 6.92 Å². The molecule has 0 spiro atoms. The van der Waals surface area contributed by atoms with Gasteiger partial charge >= 0.3 is 0 Å². The van der Waals surface area contributed by atoms with Gasteiger partial charge in [0.1, 0.15) is 0 Å². The van der Waals surface area contributed by atoms with E-state index < -0.39 is 0 Å².